The van der Waals surface area contributed by atoms with Crippen LogP contribution in [0.1, 0.15) is 35.7 Å². The Morgan fingerprint density at radius 2 is 1.85 bits per heavy atom. The quantitative estimate of drug-likeness (QED) is 0.815. The normalized spacial score (nSPS) is 20.6. The molecule has 0 bridgehead atoms. The van der Waals surface area contributed by atoms with Gasteiger partial charge in [-0.2, -0.15) is 0 Å². The average molecular weight is 386 g/mol. The largest absolute Gasteiger partial charge is 0.355 e. The van der Waals surface area contributed by atoms with E-state index in [0.29, 0.717) is 6.42 Å². The molecule has 146 valence electrons. The number of hydrogen-bond acceptors (Lipinski definition) is 4. The first-order valence-electron chi connectivity index (χ1n) is 9.93. The van der Waals surface area contributed by atoms with E-state index in [1.54, 1.807) is 11.3 Å². The second-order valence-electron chi connectivity index (χ2n) is 8.10. The number of nitrogens with one attached hydrogen (secondary N) is 1. The molecule has 2 heterocycles. The molecule has 4 nitrogen and oxygen atoms in total. The van der Waals surface area contributed by atoms with Crippen molar-refractivity contribution < 1.29 is 4.79 Å². The summed E-state index contributed by atoms with van der Waals surface area (Å²) in [5, 5.41) is 4.11. The van der Waals surface area contributed by atoms with E-state index in [1.165, 1.54) is 12.0 Å². The van der Waals surface area contributed by atoms with Crippen molar-refractivity contribution >= 4 is 17.2 Å². The van der Waals surface area contributed by atoms with Gasteiger partial charge in [0.2, 0.25) is 5.91 Å². The molecule has 3 rings (SSSR count). The minimum atomic E-state index is 0.0881. The number of carbonyl (C=O) groups excluding carboxylic acids is 1. The van der Waals surface area contributed by atoms with Gasteiger partial charge in [0.1, 0.15) is 0 Å². The molecule has 5 heteroatoms. The summed E-state index contributed by atoms with van der Waals surface area (Å²) < 4.78 is 0. The van der Waals surface area contributed by atoms with Crippen LogP contribution in [0.5, 0.6) is 0 Å². The molecule has 0 saturated carbocycles. The summed E-state index contributed by atoms with van der Waals surface area (Å²) in [7, 11) is 0. The Balaban J connectivity index is 1.54. The molecule has 1 fully saturated rings. The third kappa shape index (κ3) is 5.63. The number of amides is 1. The maximum absolute atomic E-state index is 12.5. The molecule has 27 heavy (non-hydrogen) atoms. The van der Waals surface area contributed by atoms with Crippen LogP contribution in [-0.4, -0.2) is 42.0 Å². The molecule has 0 aliphatic carbocycles. The number of carbonyl (C=O) groups is 1. The predicted molar refractivity (Wildman–Crippen MR) is 113 cm³/mol. The number of hydrogen-bond donors (Lipinski definition) is 1. The Morgan fingerprint density at radius 1 is 1.19 bits per heavy atom. The zero-order valence-corrected chi connectivity index (χ0v) is 17.7. The van der Waals surface area contributed by atoms with E-state index in [2.05, 4.69) is 60.2 Å². The minimum Gasteiger partial charge on any atom is -0.355 e. The van der Waals surface area contributed by atoms with Crippen molar-refractivity contribution in [2.24, 2.45) is 11.8 Å². The second kappa shape index (κ2) is 8.98. The Bertz CT molecular complexity index is 758. The van der Waals surface area contributed by atoms with Gasteiger partial charge >= 0.3 is 0 Å². The van der Waals surface area contributed by atoms with E-state index in [1.807, 2.05) is 6.92 Å². The number of benzene rings is 1. The van der Waals surface area contributed by atoms with Gasteiger partial charge in [0, 0.05) is 36.6 Å². The number of aryl methyl sites for hydroxylation is 2. The van der Waals surface area contributed by atoms with Crippen LogP contribution in [0.4, 0.5) is 0 Å². The van der Waals surface area contributed by atoms with Gasteiger partial charge in [-0.25, -0.2) is 4.98 Å². The number of nitrogens with zero attached hydrogens (tertiary/aromatic N) is 2. The van der Waals surface area contributed by atoms with Crippen LogP contribution < -0.4 is 5.32 Å². The maximum atomic E-state index is 12.5. The molecule has 1 amide bonds. The Morgan fingerprint density at radius 3 is 2.52 bits per heavy atom. The second-order valence-corrected chi connectivity index (χ2v) is 9.39. The van der Waals surface area contributed by atoms with Crippen LogP contribution in [0.3, 0.4) is 0 Å². The van der Waals surface area contributed by atoms with E-state index in [4.69, 9.17) is 0 Å². The van der Waals surface area contributed by atoms with Crippen molar-refractivity contribution in [2.45, 2.75) is 40.5 Å². The highest BCUT2D eigenvalue weighted by atomic mass is 32.1. The Hall–Kier alpha value is -1.72. The highest BCUT2D eigenvalue weighted by Gasteiger charge is 2.21. The van der Waals surface area contributed by atoms with Crippen molar-refractivity contribution in [2.75, 3.05) is 26.2 Å². The maximum Gasteiger partial charge on any atom is 0.225 e. The topological polar surface area (TPSA) is 45.2 Å². The zero-order valence-electron chi connectivity index (χ0n) is 16.9. The molecule has 2 unspecified atom stereocenters. The lowest BCUT2D eigenvalue weighted by Gasteiger charge is -2.34. The molecule has 0 radical (unpaired) electrons. The highest BCUT2D eigenvalue weighted by Crippen LogP contribution is 2.28. The monoisotopic (exact) mass is 385 g/mol. The Labute approximate surface area is 167 Å². The first-order chi connectivity index (χ1) is 12.9. The number of likely N-dealkylation sites (tertiary alicyclic amines) is 1. The lowest BCUT2D eigenvalue weighted by Crippen LogP contribution is -2.43. The Kier molecular flexibility index (Phi) is 6.66. The smallest absolute Gasteiger partial charge is 0.225 e. The van der Waals surface area contributed by atoms with Gasteiger partial charge in [0.05, 0.1) is 17.1 Å². The first kappa shape index (κ1) is 20.0. The molecular weight excluding hydrogens is 354 g/mol. The summed E-state index contributed by atoms with van der Waals surface area (Å²) >= 11 is 1.62. The van der Waals surface area contributed by atoms with Gasteiger partial charge in [-0.1, -0.05) is 43.7 Å². The molecule has 1 aliphatic rings. The van der Waals surface area contributed by atoms with E-state index >= 15 is 0 Å². The van der Waals surface area contributed by atoms with Gasteiger partial charge in [-0.3, -0.25) is 4.79 Å². The number of aromatic nitrogens is 1. The minimum absolute atomic E-state index is 0.0881. The fourth-order valence-corrected chi connectivity index (χ4v) is 5.02. The molecule has 0 spiro atoms. The number of thiazole rings is 1. The molecule has 1 aromatic carbocycles. The summed E-state index contributed by atoms with van der Waals surface area (Å²) in [6.07, 6.45) is 1.72. The molecule has 2 aromatic rings. The van der Waals surface area contributed by atoms with E-state index in [9.17, 15) is 4.79 Å². The third-order valence-electron chi connectivity index (χ3n) is 5.15. The van der Waals surface area contributed by atoms with E-state index in [-0.39, 0.29) is 5.91 Å². The SMILES string of the molecule is Cc1ccc(-c2nc(C)sc2CC(=O)NCCN2CC(C)CC(C)C2)cc1. The fraction of sp³-hybridized carbons (Fsp3) is 0.545. The number of piperidine rings is 1. The molecule has 1 N–H and O–H groups in total. The van der Waals surface area contributed by atoms with Gasteiger partial charge in [0.25, 0.3) is 0 Å². The third-order valence-corrected chi connectivity index (χ3v) is 6.12. The van der Waals surface area contributed by atoms with Crippen LogP contribution in [0.25, 0.3) is 11.3 Å². The lowest BCUT2D eigenvalue weighted by atomic mass is 9.92. The van der Waals surface area contributed by atoms with Gasteiger partial charge in [0.15, 0.2) is 0 Å². The van der Waals surface area contributed by atoms with E-state index in [0.717, 1.165) is 59.2 Å². The summed E-state index contributed by atoms with van der Waals surface area (Å²) in [6.45, 7) is 12.7. The van der Waals surface area contributed by atoms with Crippen molar-refractivity contribution in [1.29, 1.82) is 0 Å². The van der Waals surface area contributed by atoms with Crippen molar-refractivity contribution in [1.82, 2.24) is 15.2 Å². The summed E-state index contributed by atoms with van der Waals surface area (Å²) in [5.41, 5.74) is 3.27. The first-order valence-corrected chi connectivity index (χ1v) is 10.7. The molecule has 1 aliphatic heterocycles. The fourth-order valence-electron chi connectivity index (χ4n) is 4.06. The summed E-state index contributed by atoms with van der Waals surface area (Å²) in [5.74, 6) is 1.59. The molecular formula is C22H31N3OS. The zero-order chi connectivity index (χ0) is 19.4. The van der Waals surface area contributed by atoms with Gasteiger partial charge in [-0.05, 0) is 32.1 Å². The summed E-state index contributed by atoms with van der Waals surface area (Å²) in [4.78, 5) is 20.7. The summed E-state index contributed by atoms with van der Waals surface area (Å²) in [6, 6.07) is 8.36. The molecule has 1 aromatic heterocycles. The molecule has 2 atom stereocenters. The van der Waals surface area contributed by atoms with E-state index < -0.39 is 0 Å². The van der Waals surface area contributed by atoms with Crippen molar-refractivity contribution in [3.05, 3.63) is 39.7 Å². The van der Waals surface area contributed by atoms with Crippen LogP contribution in [0, 0.1) is 25.7 Å². The van der Waals surface area contributed by atoms with Crippen LogP contribution in [0.2, 0.25) is 0 Å². The average Bonchev–Trinajstić information content (AvgIpc) is 2.95. The van der Waals surface area contributed by atoms with Crippen LogP contribution >= 0.6 is 11.3 Å². The van der Waals surface area contributed by atoms with Gasteiger partial charge in [-0.15, -0.1) is 11.3 Å². The van der Waals surface area contributed by atoms with Gasteiger partial charge < -0.3 is 10.2 Å². The van der Waals surface area contributed by atoms with Crippen LogP contribution in [-0.2, 0) is 11.2 Å². The molecule has 1 saturated heterocycles. The van der Waals surface area contributed by atoms with Crippen molar-refractivity contribution in [3.63, 3.8) is 0 Å². The standard InChI is InChI=1S/C22H31N3OS/c1-15-5-7-19(8-6-15)22-20(27-18(4)24-22)12-21(26)23-9-10-25-13-16(2)11-17(3)14-25/h5-8,16-17H,9-14H2,1-4H3,(H,23,26). The van der Waals surface area contributed by atoms with Crippen molar-refractivity contribution in [3.8, 4) is 11.3 Å². The number of rotatable bonds is 6. The predicted octanol–water partition coefficient (Wildman–Crippen LogP) is 4.06. The van der Waals surface area contributed by atoms with Crippen LogP contribution in [0.15, 0.2) is 24.3 Å². The lowest BCUT2D eigenvalue weighted by molar-refractivity contribution is -0.120. The highest BCUT2D eigenvalue weighted by molar-refractivity contribution is 7.12.